The first kappa shape index (κ1) is 9.52. The van der Waals surface area contributed by atoms with Crippen LogP contribution in [0, 0.1) is 11.8 Å². The predicted octanol–water partition coefficient (Wildman–Crippen LogP) is 1.79. The quantitative estimate of drug-likeness (QED) is 0.546. The van der Waals surface area contributed by atoms with Crippen molar-refractivity contribution in [1.82, 2.24) is 5.32 Å². The lowest BCUT2D eigenvalue weighted by molar-refractivity contribution is 0.452. The van der Waals surface area contributed by atoms with Gasteiger partial charge in [0.1, 0.15) is 0 Å². The summed E-state index contributed by atoms with van der Waals surface area (Å²) in [5.41, 5.74) is 0.197. The number of hydrogen-bond acceptors (Lipinski definition) is 1. The van der Waals surface area contributed by atoms with E-state index in [0.717, 1.165) is 13.0 Å². The summed E-state index contributed by atoms with van der Waals surface area (Å²) < 4.78 is 0. The molecule has 1 N–H and O–H groups in total. The average molecular weight is 139 g/mol. The van der Waals surface area contributed by atoms with Crippen molar-refractivity contribution >= 4 is 0 Å². The molecule has 1 heteroatoms. The van der Waals surface area contributed by atoms with Crippen molar-refractivity contribution in [3.63, 3.8) is 0 Å². The van der Waals surface area contributed by atoms with Gasteiger partial charge in [-0.25, -0.2) is 0 Å². The Kier molecular flexibility index (Phi) is 4.14. The molecule has 0 aromatic heterocycles. The molecule has 0 saturated heterocycles. The molecule has 10 heavy (non-hydrogen) atoms. The van der Waals surface area contributed by atoms with E-state index in [1.807, 2.05) is 0 Å². The molecule has 0 rings (SSSR count). The van der Waals surface area contributed by atoms with Crippen LogP contribution in [0.25, 0.3) is 0 Å². The van der Waals surface area contributed by atoms with Crippen molar-refractivity contribution in [3.8, 4) is 11.8 Å². The van der Waals surface area contributed by atoms with Gasteiger partial charge in [0.05, 0.1) is 6.54 Å². The minimum atomic E-state index is 0.197. The van der Waals surface area contributed by atoms with Gasteiger partial charge in [0.15, 0.2) is 0 Å². The lowest BCUT2D eigenvalue weighted by atomic mass is 10.1. The van der Waals surface area contributed by atoms with Crippen molar-refractivity contribution in [3.05, 3.63) is 0 Å². The van der Waals surface area contributed by atoms with Crippen LogP contribution in [-0.4, -0.2) is 12.1 Å². The zero-order chi connectivity index (χ0) is 8.04. The Balaban J connectivity index is 3.37. The number of rotatable bonds is 1. The minimum Gasteiger partial charge on any atom is -0.301 e. The third-order valence-electron chi connectivity index (χ3n) is 1.01. The summed E-state index contributed by atoms with van der Waals surface area (Å²) in [4.78, 5) is 0. The van der Waals surface area contributed by atoms with Crippen LogP contribution < -0.4 is 5.32 Å². The molecule has 0 spiro atoms. The highest BCUT2D eigenvalue weighted by molar-refractivity contribution is 5.00. The lowest BCUT2D eigenvalue weighted by Crippen LogP contribution is -2.35. The van der Waals surface area contributed by atoms with Crippen molar-refractivity contribution in [2.24, 2.45) is 0 Å². The second-order valence-corrected chi connectivity index (χ2v) is 3.31. The highest BCUT2D eigenvalue weighted by Crippen LogP contribution is 1.95. The molecule has 0 radical (unpaired) electrons. The fourth-order valence-corrected chi connectivity index (χ4v) is 0.497. The first-order chi connectivity index (χ1) is 4.56. The van der Waals surface area contributed by atoms with Gasteiger partial charge < -0.3 is 5.32 Å². The maximum Gasteiger partial charge on any atom is 0.0580 e. The van der Waals surface area contributed by atoms with Gasteiger partial charge in [-0.3, -0.25) is 0 Å². The number of hydrogen-bond donors (Lipinski definition) is 1. The molecule has 0 aliphatic carbocycles. The van der Waals surface area contributed by atoms with E-state index >= 15 is 0 Å². The standard InChI is InChI=1S/C9H17N/c1-5-6-7-8-10-9(2,3)4/h10H,5,8H2,1-4H3. The molecule has 0 saturated carbocycles. The highest BCUT2D eigenvalue weighted by atomic mass is 14.9. The molecule has 0 aliphatic heterocycles. The van der Waals surface area contributed by atoms with Gasteiger partial charge in [-0.05, 0) is 20.8 Å². The molecule has 0 aromatic carbocycles. The van der Waals surface area contributed by atoms with E-state index < -0.39 is 0 Å². The zero-order valence-corrected chi connectivity index (χ0v) is 7.41. The molecular weight excluding hydrogens is 122 g/mol. The van der Waals surface area contributed by atoms with Gasteiger partial charge in [0, 0.05) is 12.0 Å². The third kappa shape index (κ3) is 7.52. The zero-order valence-electron chi connectivity index (χ0n) is 7.41. The summed E-state index contributed by atoms with van der Waals surface area (Å²) in [6.07, 6.45) is 0.950. The fraction of sp³-hybridized carbons (Fsp3) is 0.778. The van der Waals surface area contributed by atoms with Crippen molar-refractivity contribution in [1.29, 1.82) is 0 Å². The molecule has 0 aromatic rings. The van der Waals surface area contributed by atoms with Crippen molar-refractivity contribution in [2.75, 3.05) is 6.54 Å². The average Bonchev–Trinajstić information content (AvgIpc) is 1.78. The Hall–Kier alpha value is -0.480. The van der Waals surface area contributed by atoms with Crippen LogP contribution in [0.2, 0.25) is 0 Å². The Bertz CT molecular complexity index is 131. The van der Waals surface area contributed by atoms with E-state index in [-0.39, 0.29) is 5.54 Å². The van der Waals surface area contributed by atoms with E-state index in [9.17, 15) is 0 Å². The molecule has 0 fully saturated rings. The summed E-state index contributed by atoms with van der Waals surface area (Å²) in [5, 5.41) is 3.28. The topological polar surface area (TPSA) is 12.0 Å². The summed E-state index contributed by atoms with van der Waals surface area (Å²) in [6, 6.07) is 0. The fourth-order valence-electron chi connectivity index (χ4n) is 0.497. The smallest absolute Gasteiger partial charge is 0.0580 e. The largest absolute Gasteiger partial charge is 0.301 e. The van der Waals surface area contributed by atoms with Crippen LogP contribution in [0.15, 0.2) is 0 Å². The van der Waals surface area contributed by atoms with E-state index in [1.165, 1.54) is 0 Å². The molecule has 0 bridgehead atoms. The SMILES string of the molecule is CCC#CCNC(C)(C)C. The van der Waals surface area contributed by atoms with Crippen LogP contribution in [0.5, 0.6) is 0 Å². The van der Waals surface area contributed by atoms with Gasteiger partial charge >= 0.3 is 0 Å². The molecule has 0 atom stereocenters. The van der Waals surface area contributed by atoms with Gasteiger partial charge in [0.2, 0.25) is 0 Å². The molecule has 0 aliphatic rings. The van der Waals surface area contributed by atoms with Gasteiger partial charge in [-0.2, -0.15) is 0 Å². The van der Waals surface area contributed by atoms with Crippen LogP contribution in [-0.2, 0) is 0 Å². The summed E-state index contributed by atoms with van der Waals surface area (Å²) in [6.45, 7) is 9.28. The molecular formula is C9H17N. The molecule has 0 unspecified atom stereocenters. The monoisotopic (exact) mass is 139 g/mol. The van der Waals surface area contributed by atoms with Gasteiger partial charge in [-0.15, -0.1) is 5.92 Å². The highest BCUT2D eigenvalue weighted by Gasteiger charge is 2.05. The molecule has 0 heterocycles. The second kappa shape index (κ2) is 4.35. The third-order valence-corrected chi connectivity index (χ3v) is 1.01. The van der Waals surface area contributed by atoms with Gasteiger partial charge in [-0.1, -0.05) is 12.8 Å². The summed E-state index contributed by atoms with van der Waals surface area (Å²) in [7, 11) is 0. The van der Waals surface area contributed by atoms with Crippen LogP contribution >= 0.6 is 0 Å². The van der Waals surface area contributed by atoms with E-state index in [0.29, 0.717) is 0 Å². The minimum absolute atomic E-state index is 0.197. The molecule has 1 nitrogen and oxygen atoms in total. The van der Waals surface area contributed by atoms with E-state index in [2.05, 4.69) is 44.9 Å². The van der Waals surface area contributed by atoms with E-state index in [1.54, 1.807) is 0 Å². The maximum absolute atomic E-state index is 3.28. The van der Waals surface area contributed by atoms with Crippen LogP contribution in [0.3, 0.4) is 0 Å². The summed E-state index contributed by atoms with van der Waals surface area (Å²) >= 11 is 0. The lowest BCUT2D eigenvalue weighted by Gasteiger charge is -2.17. The molecule has 58 valence electrons. The van der Waals surface area contributed by atoms with Crippen LogP contribution in [0.4, 0.5) is 0 Å². The van der Waals surface area contributed by atoms with Crippen molar-refractivity contribution in [2.45, 2.75) is 39.7 Å². The van der Waals surface area contributed by atoms with Crippen molar-refractivity contribution < 1.29 is 0 Å². The maximum atomic E-state index is 3.28. The first-order valence-electron chi connectivity index (χ1n) is 3.77. The summed E-state index contributed by atoms with van der Waals surface area (Å²) in [5.74, 6) is 6.04. The van der Waals surface area contributed by atoms with E-state index in [4.69, 9.17) is 0 Å². The predicted molar refractivity (Wildman–Crippen MR) is 45.8 cm³/mol. The number of nitrogens with one attached hydrogen (secondary N) is 1. The normalized spacial score (nSPS) is 10.4. The molecule has 0 amide bonds. The Labute approximate surface area is 64.2 Å². The van der Waals surface area contributed by atoms with Gasteiger partial charge in [0.25, 0.3) is 0 Å². The van der Waals surface area contributed by atoms with Crippen LogP contribution in [0.1, 0.15) is 34.1 Å². The Morgan fingerprint density at radius 1 is 1.20 bits per heavy atom. The Morgan fingerprint density at radius 2 is 1.80 bits per heavy atom. The first-order valence-corrected chi connectivity index (χ1v) is 3.77. The second-order valence-electron chi connectivity index (χ2n) is 3.31. The Morgan fingerprint density at radius 3 is 2.20 bits per heavy atom.